The van der Waals surface area contributed by atoms with Crippen molar-refractivity contribution >= 4 is 17.2 Å². The fourth-order valence-electron chi connectivity index (χ4n) is 1.46. The van der Waals surface area contributed by atoms with Crippen LogP contribution in [0.4, 0.5) is 5.82 Å². The number of aromatic nitrogens is 3. The molecule has 0 aliphatic rings. The van der Waals surface area contributed by atoms with Crippen LogP contribution in [-0.4, -0.2) is 15.0 Å². The van der Waals surface area contributed by atoms with Gasteiger partial charge in [0.05, 0.1) is 6.04 Å². The summed E-state index contributed by atoms with van der Waals surface area (Å²) in [7, 11) is 0. The van der Waals surface area contributed by atoms with Crippen molar-refractivity contribution in [3.63, 3.8) is 0 Å². The maximum absolute atomic E-state index is 4.32. The van der Waals surface area contributed by atoms with Crippen molar-refractivity contribution in [2.75, 3.05) is 5.32 Å². The quantitative estimate of drug-likeness (QED) is 0.883. The summed E-state index contributed by atoms with van der Waals surface area (Å²) in [5.41, 5.74) is 0.964. The van der Waals surface area contributed by atoms with Gasteiger partial charge < -0.3 is 5.32 Å². The van der Waals surface area contributed by atoms with E-state index in [0.29, 0.717) is 0 Å². The third kappa shape index (κ3) is 2.55. The number of thiazole rings is 1. The number of aryl methyl sites for hydroxylation is 1. The fourth-order valence-corrected chi connectivity index (χ4v) is 2.23. The zero-order chi connectivity index (χ0) is 11.4. The molecule has 0 fully saturated rings. The van der Waals surface area contributed by atoms with Gasteiger partial charge in [-0.3, -0.25) is 0 Å². The highest BCUT2D eigenvalue weighted by atomic mass is 32.1. The molecule has 1 unspecified atom stereocenters. The molecule has 4 nitrogen and oxygen atoms in total. The van der Waals surface area contributed by atoms with E-state index in [1.165, 1.54) is 0 Å². The van der Waals surface area contributed by atoms with E-state index >= 15 is 0 Å². The number of rotatable bonds is 4. The van der Waals surface area contributed by atoms with Crippen LogP contribution < -0.4 is 5.32 Å². The van der Waals surface area contributed by atoms with Gasteiger partial charge >= 0.3 is 0 Å². The molecule has 0 saturated heterocycles. The molecule has 2 aromatic heterocycles. The third-order valence-corrected chi connectivity index (χ3v) is 3.17. The molecule has 0 saturated carbocycles. The average molecular weight is 234 g/mol. The summed E-state index contributed by atoms with van der Waals surface area (Å²) in [5, 5.41) is 6.46. The Hall–Kier alpha value is -1.49. The Morgan fingerprint density at radius 1 is 1.38 bits per heavy atom. The first-order valence-electron chi connectivity index (χ1n) is 5.24. The second-order valence-electron chi connectivity index (χ2n) is 3.52. The van der Waals surface area contributed by atoms with Crippen LogP contribution in [0.3, 0.4) is 0 Å². The summed E-state index contributed by atoms with van der Waals surface area (Å²) >= 11 is 1.66. The van der Waals surface area contributed by atoms with Crippen LogP contribution in [-0.2, 0) is 0 Å². The van der Waals surface area contributed by atoms with Gasteiger partial charge in [0.1, 0.15) is 17.2 Å². The summed E-state index contributed by atoms with van der Waals surface area (Å²) in [4.78, 5) is 12.6. The SMILES string of the molecule is CCC(Nc1cc(C)ncn1)c1nccs1. The number of anilines is 1. The van der Waals surface area contributed by atoms with E-state index in [9.17, 15) is 0 Å². The Bertz CT molecular complexity index is 441. The molecule has 1 atom stereocenters. The number of hydrogen-bond donors (Lipinski definition) is 1. The molecule has 2 aromatic rings. The van der Waals surface area contributed by atoms with E-state index in [1.54, 1.807) is 17.7 Å². The van der Waals surface area contributed by atoms with Gasteiger partial charge in [0.15, 0.2) is 0 Å². The minimum Gasteiger partial charge on any atom is -0.361 e. The van der Waals surface area contributed by atoms with Crippen molar-refractivity contribution in [2.24, 2.45) is 0 Å². The van der Waals surface area contributed by atoms with Crippen LogP contribution in [0.2, 0.25) is 0 Å². The number of nitrogens with one attached hydrogen (secondary N) is 1. The highest BCUT2D eigenvalue weighted by Gasteiger charge is 2.11. The lowest BCUT2D eigenvalue weighted by Crippen LogP contribution is -2.10. The molecule has 1 N–H and O–H groups in total. The molecule has 0 bridgehead atoms. The first kappa shape index (κ1) is 11.0. The predicted molar refractivity (Wildman–Crippen MR) is 65.5 cm³/mol. The van der Waals surface area contributed by atoms with Crippen molar-refractivity contribution in [3.8, 4) is 0 Å². The van der Waals surface area contributed by atoms with Gasteiger partial charge in [0, 0.05) is 23.3 Å². The molecule has 16 heavy (non-hydrogen) atoms. The van der Waals surface area contributed by atoms with E-state index in [2.05, 4.69) is 27.2 Å². The van der Waals surface area contributed by atoms with Crippen molar-refractivity contribution in [1.29, 1.82) is 0 Å². The standard InChI is InChI=1S/C11H14N4S/c1-3-9(11-12-4-5-16-11)15-10-6-8(2)13-7-14-10/h4-7,9H,3H2,1-2H3,(H,13,14,15). The second kappa shape index (κ2) is 5.03. The maximum atomic E-state index is 4.32. The van der Waals surface area contributed by atoms with Gasteiger partial charge in [-0.05, 0) is 13.3 Å². The average Bonchev–Trinajstić information content (AvgIpc) is 2.79. The van der Waals surface area contributed by atoms with Crippen LogP contribution in [0.25, 0.3) is 0 Å². The molecule has 0 aromatic carbocycles. The van der Waals surface area contributed by atoms with Crippen molar-refractivity contribution in [3.05, 3.63) is 34.7 Å². The second-order valence-corrected chi connectivity index (χ2v) is 4.45. The van der Waals surface area contributed by atoms with Crippen LogP contribution in [0.15, 0.2) is 24.0 Å². The zero-order valence-corrected chi connectivity index (χ0v) is 10.2. The molecule has 2 heterocycles. The lowest BCUT2D eigenvalue weighted by atomic mass is 10.2. The largest absolute Gasteiger partial charge is 0.361 e. The molecule has 2 rings (SSSR count). The zero-order valence-electron chi connectivity index (χ0n) is 9.34. The molecule has 0 spiro atoms. The molecule has 0 aliphatic carbocycles. The highest BCUT2D eigenvalue weighted by Crippen LogP contribution is 2.22. The first-order valence-corrected chi connectivity index (χ1v) is 6.12. The Labute approximate surface area is 98.8 Å². The summed E-state index contributed by atoms with van der Waals surface area (Å²) in [5.74, 6) is 0.856. The van der Waals surface area contributed by atoms with E-state index in [4.69, 9.17) is 0 Å². The van der Waals surface area contributed by atoms with Crippen LogP contribution in [0.1, 0.15) is 30.1 Å². The van der Waals surface area contributed by atoms with Crippen molar-refractivity contribution in [1.82, 2.24) is 15.0 Å². The topological polar surface area (TPSA) is 50.7 Å². The minimum atomic E-state index is 0.231. The van der Waals surface area contributed by atoms with Crippen LogP contribution in [0, 0.1) is 6.92 Å². The Morgan fingerprint density at radius 2 is 2.25 bits per heavy atom. The number of hydrogen-bond acceptors (Lipinski definition) is 5. The maximum Gasteiger partial charge on any atom is 0.130 e. The van der Waals surface area contributed by atoms with Gasteiger partial charge in [-0.2, -0.15) is 0 Å². The Morgan fingerprint density at radius 3 is 2.88 bits per heavy atom. The third-order valence-electron chi connectivity index (χ3n) is 2.28. The van der Waals surface area contributed by atoms with E-state index in [0.717, 1.165) is 22.9 Å². The monoisotopic (exact) mass is 234 g/mol. The first-order chi connectivity index (χ1) is 7.79. The summed E-state index contributed by atoms with van der Waals surface area (Å²) in [6, 6.07) is 2.17. The molecule has 0 aliphatic heterocycles. The van der Waals surface area contributed by atoms with Gasteiger partial charge in [0.2, 0.25) is 0 Å². The van der Waals surface area contributed by atoms with E-state index < -0.39 is 0 Å². The smallest absolute Gasteiger partial charge is 0.130 e. The van der Waals surface area contributed by atoms with Gasteiger partial charge in [-0.1, -0.05) is 6.92 Å². The van der Waals surface area contributed by atoms with E-state index in [1.807, 2.05) is 24.6 Å². The molecular formula is C11H14N4S. The summed E-state index contributed by atoms with van der Waals surface area (Å²) < 4.78 is 0. The number of nitrogens with zero attached hydrogens (tertiary/aromatic N) is 3. The normalized spacial score (nSPS) is 12.4. The molecule has 0 amide bonds. The predicted octanol–water partition coefficient (Wildman–Crippen LogP) is 2.80. The highest BCUT2D eigenvalue weighted by molar-refractivity contribution is 7.09. The van der Waals surface area contributed by atoms with Crippen LogP contribution in [0.5, 0.6) is 0 Å². The van der Waals surface area contributed by atoms with E-state index in [-0.39, 0.29) is 6.04 Å². The van der Waals surface area contributed by atoms with Gasteiger partial charge in [-0.15, -0.1) is 11.3 Å². The lowest BCUT2D eigenvalue weighted by molar-refractivity contribution is 0.736. The fraction of sp³-hybridized carbons (Fsp3) is 0.364. The Balaban J connectivity index is 2.13. The molecule has 5 heteroatoms. The minimum absolute atomic E-state index is 0.231. The summed E-state index contributed by atoms with van der Waals surface area (Å²) in [6.07, 6.45) is 4.39. The van der Waals surface area contributed by atoms with Crippen molar-refractivity contribution < 1.29 is 0 Å². The summed E-state index contributed by atoms with van der Waals surface area (Å²) in [6.45, 7) is 4.09. The van der Waals surface area contributed by atoms with Crippen molar-refractivity contribution in [2.45, 2.75) is 26.3 Å². The molecular weight excluding hydrogens is 220 g/mol. The molecule has 84 valence electrons. The lowest BCUT2D eigenvalue weighted by Gasteiger charge is -2.14. The Kier molecular flexibility index (Phi) is 3.46. The molecule has 0 radical (unpaired) electrons. The van der Waals surface area contributed by atoms with Gasteiger partial charge in [-0.25, -0.2) is 15.0 Å². The van der Waals surface area contributed by atoms with Gasteiger partial charge in [0.25, 0.3) is 0 Å². The van der Waals surface area contributed by atoms with Crippen LogP contribution >= 0.6 is 11.3 Å².